The van der Waals surface area contributed by atoms with E-state index in [2.05, 4.69) is 21.9 Å². The molecule has 0 saturated carbocycles. The number of nitrogens with zero attached hydrogens (tertiary/aromatic N) is 2. The maximum Gasteiger partial charge on any atom is 0.269 e. The van der Waals surface area contributed by atoms with Gasteiger partial charge in [-0.3, -0.25) is 15.1 Å². The van der Waals surface area contributed by atoms with E-state index in [-0.39, 0.29) is 10.6 Å². The molecule has 21 heavy (non-hydrogen) atoms. The van der Waals surface area contributed by atoms with E-state index in [0.29, 0.717) is 12.5 Å². The number of nitrogens with one attached hydrogen (secondary N) is 2. The zero-order chi connectivity index (χ0) is 15.5. The lowest BCUT2D eigenvalue weighted by atomic mass is 10.2. The lowest BCUT2D eigenvalue weighted by Gasteiger charge is -2.11. The number of thioether (sulfide) groups is 1. The number of nitro benzene ring substituents is 1. The van der Waals surface area contributed by atoms with Gasteiger partial charge in [-0.25, -0.2) is 0 Å². The second-order valence-electron chi connectivity index (χ2n) is 4.48. The molecule has 1 rings (SSSR count). The van der Waals surface area contributed by atoms with Gasteiger partial charge in [-0.15, -0.1) is 0 Å². The van der Waals surface area contributed by atoms with Crippen molar-refractivity contribution in [3.63, 3.8) is 0 Å². The molecule has 0 aliphatic carbocycles. The third kappa shape index (κ3) is 6.99. The number of rotatable bonds is 8. The molecule has 1 aromatic carbocycles. The number of guanidine groups is 1. The van der Waals surface area contributed by atoms with E-state index in [1.54, 1.807) is 19.2 Å². The van der Waals surface area contributed by atoms with Crippen molar-refractivity contribution < 1.29 is 4.92 Å². The van der Waals surface area contributed by atoms with Crippen molar-refractivity contribution in [2.24, 2.45) is 4.99 Å². The molecule has 0 saturated heterocycles. The Morgan fingerprint density at radius 1 is 1.38 bits per heavy atom. The Bertz CT molecular complexity index is 480. The fourth-order valence-electron chi connectivity index (χ4n) is 1.76. The van der Waals surface area contributed by atoms with Gasteiger partial charge >= 0.3 is 0 Å². The van der Waals surface area contributed by atoms with Gasteiger partial charge in [0, 0.05) is 32.3 Å². The van der Waals surface area contributed by atoms with Crippen LogP contribution in [0.4, 0.5) is 5.69 Å². The maximum atomic E-state index is 10.7. The van der Waals surface area contributed by atoms with Crippen LogP contribution in [0.5, 0.6) is 0 Å². The van der Waals surface area contributed by atoms with Crippen molar-refractivity contribution in [2.75, 3.05) is 25.6 Å². The van der Waals surface area contributed by atoms with Crippen LogP contribution >= 0.6 is 11.8 Å². The van der Waals surface area contributed by atoms with Crippen molar-refractivity contribution in [1.29, 1.82) is 0 Å². The lowest BCUT2D eigenvalue weighted by molar-refractivity contribution is -0.384. The standard InChI is InChI=1S/C14H22N4O2S/c1-15-14(16-8-3-4-9-21-2)17-11-12-6-5-7-13(10-12)18(19)20/h5-7,10H,3-4,8-9,11H2,1-2H3,(H2,15,16,17). The summed E-state index contributed by atoms with van der Waals surface area (Å²) >= 11 is 1.85. The summed E-state index contributed by atoms with van der Waals surface area (Å²) in [5.74, 6) is 1.88. The van der Waals surface area contributed by atoms with Crippen LogP contribution in [0.1, 0.15) is 18.4 Å². The summed E-state index contributed by atoms with van der Waals surface area (Å²) < 4.78 is 0. The first kappa shape index (κ1) is 17.3. The Kier molecular flexibility index (Phi) is 8.27. The Hall–Kier alpha value is -1.76. The minimum Gasteiger partial charge on any atom is -0.356 e. The maximum absolute atomic E-state index is 10.7. The van der Waals surface area contributed by atoms with Gasteiger partial charge in [0.25, 0.3) is 5.69 Å². The number of nitro groups is 1. The molecule has 2 N–H and O–H groups in total. The van der Waals surface area contributed by atoms with E-state index in [0.717, 1.165) is 18.5 Å². The summed E-state index contributed by atoms with van der Waals surface area (Å²) in [4.78, 5) is 14.5. The van der Waals surface area contributed by atoms with Crippen LogP contribution in [0.3, 0.4) is 0 Å². The van der Waals surface area contributed by atoms with Crippen LogP contribution in [0.25, 0.3) is 0 Å². The molecule has 0 atom stereocenters. The minimum atomic E-state index is -0.387. The van der Waals surface area contributed by atoms with Crippen molar-refractivity contribution in [3.8, 4) is 0 Å². The summed E-state index contributed by atoms with van der Waals surface area (Å²) in [5.41, 5.74) is 0.962. The molecular weight excluding hydrogens is 288 g/mol. The number of hydrogen-bond donors (Lipinski definition) is 2. The lowest BCUT2D eigenvalue weighted by Crippen LogP contribution is -2.37. The van der Waals surface area contributed by atoms with Crippen LogP contribution in [-0.2, 0) is 6.54 Å². The van der Waals surface area contributed by atoms with E-state index < -0.39 is 0 Å². The predicted octanol–water partition coefficient (Wildman–Crippen LogP) is 2.40. The molecule has 0 heterocycles. The van der Waals surface area contributed by atoms with E-state index in [4.69, 9.17) is 0 Å². The Labute approximate surface area is 129 Å². The first-order valence-electron chi connectivity index (χ1n) is 6.84. The normalized spacial score (nSPS) is 11.2. The van der Waals surface area contributed by atoms with Gasteiger partial charge in [0.15, 0.2) is 5.96 Å². The predicted molar refractivity (Wildman–Crippen MR) is 88.9 cm³/mol. The zero-order valence-electron chi connectivity index (χ0n) is 12.5. The molecule has 7 heteroatoms. The number of non-ortho nitro benzene ring substituents is 1. The average molecular weight is 310 g/mol. The number of unbranched alkanes of at least 4 members (excludes halogenated alkanes) is 1. The fraction of sp³-hybridized carbons (Fsp3) is 0.500. The van der Waals surface area contributed by atoms with Crippen molar-refractivity contribution in [1.82, 2.24) is 10.6 Å². The first-order valence-corrected chi connectivity index (χ1v) is 8.23. The quantitative estimate of drug-likeness (QED) is 0.253. The molecule has 0 radical (unpaired) electrons. The highest BCUT2D eigenvalue weighted by Gasteiger charge is 2.05. The van der Waals surface area contributed by atoms with Crippen LogP contribution in [0.15, 0.2) is 29.3 Å². The number of benzene rings is 1. The molecule has 0 aromatic heterocycles. The Morgan fingerprint density at radius 2 is 2.19 bits per heavy atom. The van der Waals surface area contributed by atoms with Gasteiger partial charge in [-0.05, 0) is 30.4 Å². The highest BCUT2D eigenvalue weighted by atomic mass is 32.2. The van der Waals surface area contributed by atoms with Gasteiger partial charge in [-0.2, -0.15) is 11.8 Å². The van der Waals surface area contributed by atoms with E-state index in [9.17, 15) is 10.1 Å². The molecular formula is C14H22N4O2S. The molecule has 0 bridgehead atoms. The van der Waals surface area contributed by atoms with Gasteiger partial charge in [0.05, 0.1) is 4.92 Å². The van der Waals surface area contributed by atoms with Crippen molar-refractivity contribution in [2.45, 2.75) is 19.4 Å². The van der Waals surface area contributed by atoms with E-state index in [1.165, 1.54) is 18.2 Å². The van der Waals surface area contributed by atoms with Crippen LogP contribution in [-0.4, -0.2) is 36.5 Å². The second-order valence-corrected chi connectivity index (χ2v) is 5.47. The van der Waals surface area contributed by atoms with Gasteiger partial charge in [0.2, 0.25) is 0 Å². The molecule has 6 nitrogen and oxygen atoms in total. The van der Waals surface area contributed by atoms with Crippen LogP contribution < -0.4 is 10.6 Å². The number of aliphatic imine (C=N–C) groups is 1. The molecule has 0 amide bonds. The molecule has 116 valence electrons. The van der Waals surface area contributed by atoms with Gasteiger partial charge < -0.3 is 10.6 Å². The fourth-order valence-corrected chi connectivity index (χ4v) is 2.26. The summed E-state index contributed by atoms with van der Waals surface area (Å²) in [5, 5.41) is 17.1. The first-order chi connectivity index (χ1) is 10.2. The SMILES string of the molecule is CN=C(NCCCCSC)NCc1cccc([N+](=O)[O-])c1. The minimum absolute atomic E-state index is 0.106. The van der Waals surface area contributed by atoms with Gasteiger partial charge in [0.1, 0.15) is 0 Å². The van der Waals surface area contributed by atoms with E-state index >= 15 is 0 Å². The Morgan fingerprint density at radius 3 is 2.86 bits per heavy atom. The molecule has 0 aliphatic rings. The summed E-state index contributed by atoms with van der Waals surface area (Å²) in [6.07, 6.45) is 4.38. The highest BCUT2D eigenvalue weighted by molar-refractivity contribution is 7.98. The topological polar surface area (TPSA) is 79.6 Å². The Balaban J connectivity index is 2.38. The summed E-state index contributed by atoms with van der Waals surface area (Å²) in [6.45, 7) is 1.38. The summed E-state index contributed by atoms with van der Waals surface area (Å²) in [7, 11) is 1.71. The molecule has 0 fully saturated rings. The van der Waals surface area contributed by atoms with Crippen molar-refractivity contribution >= 4 is 23.4 Å². The van der Waals surface area contributed by atoms with Crippen LogP contribution in [0, 0.1) is 10.1 Å². The largest absolute Gasteiger partial charge is 0.356 e. The smallest absolute Gasteiger partial charge is 0.269 e. The third-order valence-corrected chi connectivity index (χ3v) is 3.57. The third-order valence-electron chi connectivity index (χ3n) is 2.87. The molecule has 1 aromatic rings. The van der Waals surface area contributed by atoms with Crippen molar-refractivity contribution in [3.05, 3.63) is 39.9 Å². The van der Waals surface area contributed by atoms with Gasteiger partial charge in [-0.1, -0.05) is 12.1 Å². The van der Waals surface area contributed by atoms with Crippen LogP contribution in [0.2, 0.25) is 0 Å². The highest BCUT2D eigenvalue weighted by Crippen LogP contribution is 2.12. The molecule has 0 aliphatic heterocycles. The zero-order valence-corrected chi connectivity index (χ0v) is 13.3. The monoisotopic (exact) mass is 310 g/mol. The average Bonchev–Trinajstić information content (AvgIpc) is 2.50. The number of hydrogen-bond acceptors (Lipinski definition) is 4. The summed E-state index contributed by atoms with van der Waals surface area (Å²) in [6, 6.07) is 6.60. The van der Waals surface area contributed by atoms with E-state index in [1.807, 2.05) is 17.8 Å². The molecule has 0 unspecified atom stereocenters. The molecule has 0 spiro atoms. The second kappa shape index (κ2) is 10.0.